The van der Waals surface area contributed by atoms with E-state index in [2.05, 4.69) is 5.32 Å². The van der Waals surface area contributed by atoms with Crippen LogP contribution in [0.2, 0.25) is 0 Å². The molecule has 2 aromatic rings. The first kappa shape index (κ1) is 21.4. The SMILES string of the molecule is CCCn1c(SCC(=O)NCCCN2CCCC2=O)nc2sc3c(c2c1=O)CCC3. The van der Waals surface area contributed by atoms with E-state index in [1.807, 2.05) is 11.8 Å². The van der Waals surface area contributed by atoms with Gasteiger partial charge in [-0.2, -0.15) is 0 Å². The van der Waals surface area contributed by atoms with Crippen molar-refractivity contribution in [3.63, 3.8) is 0 Å². The van der Waals surface area contributed by atoms with Crippen molar-refractivity contribution < 1.29 is 9.59 Å². The minimum atomic E-state index is -0.0705. The monoisotopic (exact) mass is 448 g/mol. The highest BCUT2D eigenvalue weighted by molar-refractivity contribution is 7.99. The van der Waals surface area contributed by atoms with Gasteiger partial charge in [-0.25, -0.2) is 4.98 Å². The van der Waals surface area contributed by atoms with Gasteiger partial charge in [0.25, 0.3) is 5.56 Å². The zero-order valence-corrected chi connectivity index (χ0v) is 19.0. The zero-order chi connectivity index (χ0) is 21.1. The van der Waals surface area contributed by atoms with Crippen LogP contribution in [-0.2, 0) is 29.0 Å². The molecule has 9 heteroatoms. The lowest BCUT2D eigenvalue weighted by Gasteiger charge is -2.15. The van der Waals surface area contributed by atoms with Crippen LogP contribution in [0, 0.1) is 0 Å². The number of thiophene rings is 1. The number of likely N-dealkylation sites (tertiary alicyclic amines) is 1. The second-order valence-corrected chi connectivity index (χ2v) is 9.89. The number of carbonyl (C=O) groups is 2. The molecule has 2 aromatic heterocycles. The van der Waals surface area contributed by atoms with Crippen LogP contribution in [0.25, 0.3) is 10.2 Å². The molecule has 162 valence electrons. The average Bonchev–Trinajstić information content (AvgIpc) is 3.42. The number of aryl methyl sites for hydroxylation is 2. The van der Waals surface area contributed by atoms with E-state index in [9.17, 15) is 14.4 Å². The summed E-state index contributed by atoms with van der Waals surface area (Å²) in [6.07, 6.45) is 6.31. The summed E-state index contributed by atoms with van der Waals surface area (Å²) in [4.78, 5) is 45.8. The van der Waals surface area contributed by atoms with Gasteiger partial charge in [0.15, 0.2) is 5.16 Å². The van der Waals surface area contributed by atoms with E-state index in [0.29, 0.717) is 31.2 Å². The van der Waals surface area contributed by atoms with Crippen LogP contribution in [0.1, 0.15) is 49.5 Å². The van der Waals surface area contributed by atoms with Crippen molar-refractivity contribution in [3.05, 3.63) is 20.8 Å². The summed E-state index contributed by atoms with van der Waals surface area (Å²) in [5.74, 6) is 0.376. The number of fused-ring (bicyclic) bond motifs is 3. The lowest BCUT2D eigenvalue weighted by molar-refractivity contribution is -0.127. The molecule has 1 aliphatic carbocycles. The summed E-state index contributed by atoms with van der Waals surface area (Å²) >= 11 is 2.96. The maximum atomic E-state index is 13.2. The Morgan fingerprint density at radius 1 is 1.20 bits per heavy atom. The molecule has 1 aliphatic heterocycles. The summed E-state index contributed by atoms with van der Waals surface area (Å²) < 4.78 is 1.74. The zero-order valence-electron chi connectivity index (χ0n) is 17.4. The highest BCUT2D eigenvalue weighted by Gasteiger charge is 2.23. The number of hydrogen-bond donors (Lipinski definition) is 1. The summed E-state index contributed by atoms with van der Waals surface area (Å²) in [7, 11) is 0. The second kappa shape index (κ2) is 9.51. The molecule has 0 saturated carbocycles. The lowest BCUT2D eigenvalue weighted by atomic mass is 10.2. The fourth-order valence-corrected chi connectivity index (χ4v) is 6.37. The molecule has 2 aliphatic rings. The minimum absolute atomic E-state index is 0.0411. The highest BCUT2D eigenvalue weighted by atomic mass is 32.2. The number of aromatic nitrogens is 2. The molecule has 7 nitrogen and oxygen atoms in total. The van der Waals surface area contributed by atoms with Gasteiger partial charge in [0.1, 0.15) is 4.83 Å². The van der Waals surface area contributed by atoms with Gasteiger partial charge in [0.05, 0.1) is 11.1 Å². The van der Waals surface area contributed by atoms with Crippen molar-refractivity contribution in [1.82, 2.24) is 19.8 Å². The Hall–Kier alpha value is -1.87. The fourth-order valence-electron chi connectivity index (χ4n) is 4.21. The van der Waals surface area contributed by atoms with E-state index in [4.69, 9.17) is 4.98 Å². The summed E-state index contributed by atoms with van der Waals surface area (Å²) in [6.45, 7) is 4.73. The molecule has 1 fully saturated rings. The van der Waals surface area contributed by atoms with E-state index < -0.39 is 0 Å². The van der Waals surface area contributed by atoms with Crippen LogP contribution < -0.4 is 10.9 Å². The average molecular weight is 449 g/mol. The normalized spacial score (nSPS) is 15.9. The van der Waals surface area contributed by atoms with Crippen molar-refractivity contribution in [1.29, 1.82) is 0 Å². The van der Waals surface area contributed by atoms with Crippen LogP contribution in [-0.4, -0.2) is 51.7 Å². The Morgan fingerprint density at radius 2 is 2.07 bits per heavy atom. The number of carbonyl (C=O) groups excluding carboxylic acids is 2. The fraction of sp³-hybridized carbons (Fsp3) is 0.619. The molecule has 0 radical (unpaired) electrons. The van der Waals surface area contributed by atoms with E-state index in [1.54, 1.807) is 15.9 Å². The molecule has 0 spiro atoms. The van der Waals surface area contributed by atoms with Gasteiger partial charge in [-0.1, -0.05) is 18.7 Å². The van der Waals surface area contributed by atoms with E-state index >= 15 is 0 Å². The molecular weight excluding hydrogens is 420 g/mol. The Kier molecular flexibility index (Phi) is 6.77. The minimum Gasteiger partial charge on any atom is -0.355 e. The van der Waals surface area contributed by atoms with Gasteiger partial charge >= 0.3 is 0 Å². The molecule has 3 heterocycles. The molecule has 0 unspecified atom stereocenters. The van der Waals surface area contributed by atoms with Gasteiger partial charge in [0, 0.05) is 37.5 Å². The van der Waals surface area contributed by atoms with Crippen LogP contribution >= 0.6 is 23.1 Å². The molecular formula is C21H28N4O3S2. The lowest BCUT2D eigenvalue weighted by Crippen LogP contribution is -2.31. The van der Waals surface area contributed by atoms with Gasteiger partial charge in [0.2, 0.25) is 11.8 Å². The quantitative estimate of drug-likeness (QED) is 0.362. The van der Waals surface area contributed by atoms with Crippen molar-refractivity contribution in [2.45, 2.75) is 63.6 Å². The van der Waals surface area contributed by atoms with Crippen molar-refractivity contribution in [3.8, 4) is 0 Å². The number of rotatable bonds is 9. The number of amides is 2. The van der Waals surface area contributed by atoms with Gasteiger partial charge in [-0.15, -0.1) is 11.3 Å². The van der Waals surface area contributed by atoms with Gasteiger partial charge in [-0.05, 0) is 44.1 Å². The smallest absolute Gasteiger partial charge is 0.263 e. The van der Waals surface area contributed by atoms with Crippen molar-refractivity contribution in [2.24, 2.45) is 0 Å². The van der Waals surface area contributed by atoms with Crippen LogP contribution in [0.3, 0.4) is 0 Å². The number of nitrogens with zero attached hydrogens (tertiary/aromatic N) is 3. The standard InChI is InChI=1S/C21H28N4O3S2/c1-2-10-25-20(28)18-14-6-3-7-15(14)30-19(18)23-21(25)29-13-16(26)22-9-5-12-24-11-4-8-17(24)27/h2-13H2,1H3,(H,22,26). The van der Waals surface area contributed by atoms with Crippen molar-refractivity contribution in [2.75, 3.05) is 25.4 Å². The predicted octanol–water partition coefficient (Wildman–Crippen LogP) is 2.58. The molecule has 0 aromatic carbocycles. The van der Waals surface area contributed by atoms with E-state index in [-0.39, 0.29) is 23.1 Å². The largest absolute Gasteiger partial charge is 0.355 e. The first-order valence-corrected chi connectivity index (χ1v) is 12.6. The predicted molar refractivity (Wildman–Crippen MR) is 120 cm³/mol. The number of hydrogen-bond acceptors (Lipinski definition) is 6. The maximum absolute atomic E-state index is 13.2. The summed E-state index contributed by atoms with van der Waals surface area (Å²) in [5, 5.41) is 4.35. The molecule has 30 heavy (non-hydrogen) atoms. The van der Waals surface area contributed by atoms with Gasteiger partial charge < -0.3 is 10.2 Å². The molecule has 2 amide bonds. The highest BCUT2D eigenvalue weighted by Crippen LogP contribution is 2.35. The van der Waals surface area contributed by atoms with Gasteiger partial charge in [-0.3, -0.25) is 19.0 Å². The Labute approximate surface area is 184 Å². The summed E-state index contributed by atoms with van der Waals surface area (Å²) in [5.41, 5.74) is 1.24. The van der Waals surface area contributed by atoms with Crippen molar-refractivity contribution >= 4 is 45.1 Å². The third-order valence-corrected chi connectivity index (χ3v) is 7.83. The van der Waals surface area contributed by atoms with Crippen LogP contribution in [0.5, 0.6) is 0 Å². The molecule has 1 saturated heterocycles. The second-order valence-electron chi connectivity index (χ2n) is 7.87. The molecule has 4 rings (SSSR count). The number of thioether (sulfide) groups is 1. The van der Waals surface area contributed by atoms with E-state index in [0.717, 1.165) is 55.3 Å². The topological polar surface area (TPSA) is 84.3 Å². The maximum Gasteiger partial charge on any atom is 0.263 e. The summed E-state index contributed by atoms with van der Waals surface area (Å²) in [6, 6.07) is 0. The van der Waals surface area contributed by atoms with E-state index in [1.165, 1.54) is 22.2 Å². The first-order valence-electron chi connectivity index (χ1n) is 10.8. The Bertz CT molecular complexity index is 1010. The molecule has 1 N–H and O–H groups in total. The van der Waals surface area contributed by atoms with Crippen LogP contribution in [0.15, 0.2) is 9.95 Å². The third kappa shape index (κ3) is 4.42. The molecule has 0 bridgehead atoms. The van der Waals surface area contributed by atoms with Crippen LogP contribution in [0.4, 0.5) is 0 Å². The third-order valence-electron chi connectivity index (χ3n) is 5.67. The Morgan fingerprint density at radius 3 is 2.83 bits per heavy atom. The Balaban J connectivity index is 1.37. The number of nitrogens with one attached hydrogen (secondary N) is 1. The first-order chi connectivity index (χ1) is 14.6. The molecule has 0 atom stereocenters.